The fraction of sp³-hybridized carbons (Fsp3) is 0.667. The van der Waals surface area contributed by atoms with Crippen LogP contribution in [0, 0.1) is 5.92 Å². The molecule has 3 rings (SSSR count). The van der Waals surface area contributed by atoms with Gasteiger partial charge >= 0.3 is 0 Å². The first-order valence-electron chi connectivity index (χ1n) is 8.50. The molecule has 1 saturated carbocycles. The summed E-state index contributed by atoms with van der Waals surface area (Å²) in [4.78, 5) is 0. The number of rotatable bonds is 5. The van der Waals surface area contributed by atoms with E-state index in [2.05, 4.69) is 27.3 Å². The first-order valence-corrected chi connectivity index (χ1v) is 9.30. The molecule has 1 unspecified atom stereocenters. The number of hydrogen-bond donors (Lipinski definition) is 1. The van der Waals surface area contributed by atoms with Gasteiger partial charge in [0.1, 0.15) is 0 Å². The molecule has 1 aliphatic carbocycles. The molecular weight excluding hydrogens is 342 g/mol. The van der Waals surface area contributed by atoms with Crippen molar-refractivity contribution in [3.63, 3.8) is 0 Å². The first-order chi connectivity index (χ1) is 10.8. The summed E-state index contributed by atoms with van der Waals surface area (Å²) in [5.74, 6) is 2.52. The molecule has 1 atom stereocenters. The second-order valence-corrected chi connectivity index (χ2v) is 7.35. The second-order valence-electron chi connectivity index (χ2n) is 6.50. The lowest BCUT2D eigenvalue weighted by Gasteiger charge is -2.26. The summed E-state index contributed by atoms with van der Waals surface area (Å²) < 4.78 is 13.1. The molecule has 0 amide bonds. The van der Waals surface area contributed by atoms with Gasteiger partial charge in [0.25, 0.3) is 0 Å². The zero-order valence-corrected chi connectivity index (χ0v) is 15.0. The van der Waals surface area contributed by atoms with Crippen LogP contribution in [0.4, 0.5) is 0 Å². The molecule has 22 heavy (non-hydrogen) atoms. The van der Waals surface area contributed by atoms with Gasteiger partial charge in [0, 0.05) is 10.0 Å². The summed E-state index contributed by atoms with van der Waals surface area (Å²) in [7, 11) is 1.73. The third-order valence-electron chi connectivity index (χ3n) is 4.87. The monoisotopic (exact) mass is 367 g/mol. The highest BCUT2D eigenvalue weighted by atomic mass is 79.9. The standard InChI is InChI=1S/C18H26BrNO2/c1-21-17-9-8-16(19)15(11-13-5-4-10-20-12-13)18(17)22-14-6-2-3-7-14/h8-9,13-14,20H,2-7,10-12H2,1H3. The fourth-order valence-electron chi connectivity index (χ4n) is 3.62. The quantitative estimate of drug-likeness (QED) is 0.840. The Morgan fingerprint density at radius 2 is 2.00 bits per heavy atom. The minimum absolute atomic E-state index is 0.353. The molecule has 0 bridgehead atoms. The van der Waals surface area contributed by atoms with Crippen molar-refractivity contribution in [1.29, 1.82) is 0 Å². The lowest BCUT2D eigenvalue weighted by Crippen LogP contribution is -2.31. The van der Waals surface area contributed by atoms with Gasteiger partial charge in [-0.2, -0.15) is 0 Å². The van der Waals surface area contributed by atoms with E-state index in [0.29, 0.717) is 12.0 Å². The van der Waals surface area contributed by atoms with Crippen LogP contribution < -0.4 is 14.8 Å². The van der Waals surface area contributed by atoms with Crippen LogP contribution in [0.5, 0.6) is 11.5 Å². The van der Waals surface area contributed by atoms with Crippen LogP contribution in [0.15, 0.2) is 16.6 Å². The Kier molecular flexibility index (Phi) is 5.64. The molecule has 2 aliphatic rings. The van der Waals surface area contributed by atoms with E-state index in [1.807, 2.05) is 6.07 Å². The lowest BCUT2D eigenvalue weighted by atomic mass is 9.92. The maximum absolute atomic E-state index is 6.38. The number of piperidine rings is 1. The van der Waals surface area contributed by atoms with E-state index >= 15 is 0 Å². The number of halogens is 1. The molecule has 0 spiro atoms. The molecule has 122 valence electrons. The largest absolute Gasteiger partial charge is 0.493 e. The molecule has 0 radical (unpaired) electrons. The van der Waals surface area contributed by atoms with Crippen LogP contribution in [0.25, 0.3) is 0 Å². The van der Waals surface area contributed by atoms with E-state index in [-0.39, 0.29) is 0 Å². The molecule has 1 aliphatic heterocycles. The fourth-order valence-corrected chi connectivity index (χ4v) is 4.10. The van der Waals surface area contributed by atoms with E-state index in [0.717, 1.165) is 35.5 Å². The number of hydrogen-bond acceptors (Lipinski definition) is 3. The summed E-state index contributed by atoms with van der Waals surface area (Å²) in [6.07, 6.45) is 8.86. The molecule has 1 aromatic carbocycles. The van der Waals surface area contributed by atoms with E-state index < -0.39 is 0 Å². The highest BCUT2D eigenvalue weighted by Crippen LogP contribution is 2.40. The highest BCUT2D eigenvalue weighted by molar-refractivity contribution is 9.10. The van der Waals surface area contributed by atoms with Gasteiger partial charge in [0.05, 0.1) is 13.2 Å². The molecule has 4 heteroatoms. The Bertz CT molecular complexity index is 494. The minimum atomic E-state index is 0.353. The van der Waals surface area contributed by atoms with Crippen LogP contribution >= 0.6 is 15.9 Å². The van der Waals surface area contributed by atoms with Crippen molar-refractivity contribution in [1.82, 2.24) is 5.32 Å². The molecule has 1 aromatic rings. The third kappa shape index (κ3) is 3.77. The molecular formula is C18H26BrNO2. The van der Waals surface area contributed by atoms with Crippen LogP contribution in [-0.4, -0.2) is 26.3 Å². The zero-order chi connectivity index (χ0) is 15.4. The summed E-state index contributed by atoms with van der Waals surface area (Å²) in [5, 5.41) is 3.51. The zero-order valence-electron chi connectivity index (χ0n) is 13.4. The number of nitrogens with one attached hydrogen (secondary N) is 1. The van der Waals surface area contributed by atoms with Crippen molar-refractivity contribution in [2.75, 3.05) is 20.2 Å². The van der Waals surface area contributed by atoms with E-state index in [9.17, 15) is 0 Å². The van der Waals surface area contributed by atoms with Crippen LogP contribution in [0.3, 0.4) is 0 Å². The predicted octanol–water partition coefficient (Wildman–Crippen LogP) is 4.32. The summed E-state index contributed by atoms with van der Waals surface area (Å²) in [6.45, 7) is 2.26. The SMILES string of the molecule is COc1ccc(Br)c(CC2CCCNC2)c1OC1CCCC1. The van der Waals surface area contributed by atoms with Gasteiger partial charge in [-0.05, 0) is 76.1 Å². The average Bonchev–Trinajstić information content (AvgIpc) is 3.05. The average molecular weight is 368 g/mol. The van der Waals surface area contributed by atoms with E-state index in [1.165, 1.54) is 44.1 Å². The van der Waals surface area contributed by atoms with Gasteiger partial charge in [-0.1, -0.05) is 15.9 Å². The summed E-state index contributed by atoms with van der Waals surface area (Å²) >= 11 is 3.73. The Morgan fingerprint density at radius 1 is 1.18 bits per heavy atom. The van der Waals surface area contributed by atoms with Crippen molar-refractivity contribution in [3.8, 4) is 11.5 Å². The molecule has 3 nitrogen and oxygen atoms in total. The van der Waals surface area contributed by atoms with Crippen molar-refractivity contribution >= 4 is 15.9 Å². The van der Waals surface area contributed by atoms with Crippen LogP contribution in [0.2, 0.25) is 0 Å². The van der Waals surface area contributed by atoms with Gasteiger partial charge in [-0.15, -0.1) is 0 Å². The Labute approximate surface area is 141 Å². The topological polar surface area (TPSA) is 30.5 Å². The number of ether oxygens (including phenoxy) is 2. The molecule has 1 N–H and O–H groups in total. The second kappa shape index (κ2) is 7.69. The van der Waals surface area contributed by atoms with Crippen molar-refractivity contribution in [2.24, 2.45) is 5.92 Å². The van der Waals surface area contributed by atoms with Crippen LogP contribution in [-0.2, 0) is 6.42 Å². The smallest absolute Gasteiger partial charge is 0.165 e. The number of methoxy groups -OCH3 is 1. The molecule has 2 fully saturated rings. The van der Waals surface area contributed by atoms with Gasteiger partial charge in [-0.3, -0.25) is 0 Å². The normalized spacial score (nSPS) is 22.7. The van der Waals surface area contributed by atoms with Gasteiger partial charge in [0.2, 0.25) is 0 Å². The highest BCUT2D eigenvalue weighted by Gasteiger charge is 2.24. The predicted molar refractivity (Wildman–Crippen MR) is 92.9 cm³/mol. The van der Waals surface area contributed by atoms with E-state index in [1.54, 1.807) is 7.11 Å². The maximum atomic E-state index is 6.38. The first kappa shape index (κ1) is 16.1. The van der Waals surface area contributed by atoms with Crippen LogP contribution in [0.1, 0.15) is 44.1 Å². The van der Waals surface area contributed by atoms with Gasteiger partial charge in [0.15, 0.2) is 11.5 Å². The summed E-state index contributed by atoms with van der Waals surface area (Å²) in [5.41, 5.74) is 1.28. The van der Waals surface area contributed by atoms with Crippen molar-refractivity contribution < 1.29 is 9.47 Å². The van der Waals surface area contributed by atoms with Gasteiger partial charge < -0.3 is 14.8 Å². The summed E-state index contributed by atoms with van der Waals surface area (Å²) in [6, 6.07) is 4.10. The molecule has 1 saturated heterocycles. The minimum Gasteiger partial charge on any atom is -0.493 e. The van der Waals surface area contributed by atoms with Crippen molar-refractivity contribution in [2.45, 2.75) is 51.0 Å². The van der Waals surface area contributed by atoms with E-state index in [4.69, 9.17) is 9.47 Å². The molecule has 0 aromatic heterocycles. The number of benzene rings is 1. The lowest BCUT2D eigenvalue weighted by molar-refractivity contribution is 0.197. The Hall–Kier alpha value is -0.740. The van der Waals surface area contributed by atoms with Crippen molar-refractivity contribution in [3.05, 3.63) is 22.2 Å². The maximum Gasteiger partial charge on any atom is 0.165 e. The Balaban J connectivity index is 1.84. The third-order valence-corrected chi connectivity index (χ3v) is 5.61. The Morgan fingerprint density at radius 3 is 2.68 bits per heavy atom. The molecule has 1 heterocycles. The van der Waals surface area contributed by atoms with Gasteiger partial charge in [-0.25, -0.2) is 0 Å².